The first-order valence-corrected chi connectivity index (χ1v) is 9.17. The third-order valence-electron chi connectivity index (χ3n) is 4.07. The lowest BCUT2D eigenvalue weighted by Gasteiger charge is -2.21. The summed E-state index contributed by atoms with van der Waals surface area (Å²) in [5, 5.41) is 12.6. The standard InChI is InChI=1S/C16H15N3O2S2/c20-16(21)11-9-22-14(17-11)8-19-7-3-5-12(19)15-18-10-4-1-2-6-13(10)23-15/h1-2,4,6,9,12H,3,5,7-8H2,(H,20,21). The minimum Gasteiger partial charge on any atom is -0.476 e. The van der Waals surface area contributed by atoms with Crippen molar-refractivity contribution in [1.82, 2.24) is 14.9 Å². The van der Waals surface area contributed by atoms with Gasteiger partial charge in [0.15, 0.2) is 5.69 Å². The lowest BCUT2D eigenvalue weighted by Crippen LogP contribution is -2.22. The molecule has 7 heteroatoms. The Balaban J connectivity index is 1.57. The summed E-state index contributed by atoms with van der Waals surface area (Å²) in [7, 11) is 0. The highest BCUT2D eigenvalue weighted by Crippen LogP contribution is 2.37. The molecule has 5 nitrogen and oxygen atoms in total. The molecular formula is C16H15N3O2S2. The second-order valence-electron chi connectivity index (χ2n) is 5.58. The van der Waals surface area contributed by atoms with Gasteiger partial charge in [-0.05, 0) is 31.5 Å². The smallest absolute Gasteiger partial charge is 0.355 e. The maximum atomic E-state index is 11.0. The lowest BCUT2D eigenvalue weighted by molar-refractivity contribution is 0.0691. The molecule has 3 heterocycles. The van der Waals surface area contributed by atoms with Gasteiger partial charge in [0.05, 0.1) is 22.8 Å². The molecule has 3 aromatic rings. The van der Waals surface area contributed by atoms with E-state index in [0.29, 0.717) is 12.6 Å². The SMILES string of the molecule is O=C(O)c1csc(CN2CCCC2c2nc3ccccc3s2)n1. The Kier molecular flexibility index (Phi) is 3.84. The number of hydrogen-bond donors (Lipinski definition) is 1. The van der Waals surface area contributed by atoms with Gasteiger partial charge in [0, 0.05) is 5.38 Å². The van der Waals surface area contributed by atoms with E-state index < -0.39 is 5.97 Å². The largest absolute Gasteiger partial charge is 0.476 e. The number of aromatic nitrogens is 2. The van der Waals surface area contributed by atoms with E-state index in [1.54, 1.807) is 16.7 Å². The molecule has 23 heavy (non-hydrogen) atoms. The van der Waals surface area contributed by atoms with Crippen LogP contribution in [-0.2, 0) is 6.54 Å². The summed E-state index contributed by atoms with van der Waals surface area (Å²) in [5.74, 6) is -0.961. The van der Waals surface area contributed by atoms with Crippen LogP contribution in [0.25, 0.3) is 10.2 Å². The van der Waals surface area contributed by atoms with Crippen LogP contribution >= 0.6 is 22.7 Å². The first kappa shape index (κ1) is 14.7. The number of likely N-dealkylation sites (tertiary alicyclic amines) is 1. The van der Waals surface area contributed by atoms with Crippen LogP contribution in [0.4, 0.5) is 0 Å². The van der Waals surface area contributed by atoms with E-state index in [1.165, 1.54) is 16.0 Å². The van der Waals surface area contributed by atoms with Gasteiger partial charge in [-0.25, -0.2) is 14.8 Å². The average Bonchev–Trinajstić information content (AvgIpc) is 3.25. The van der Waals surface area contributed by atoms with Gasteiger partial charge in [-0.1, -0.05) is 12.1 Å². The Morgan fingerprint density at radius 2 is 2.22 bits per heavy atom. The van der Waals surface area contributed by atoms with Crippen molar-refractivity contribution in [1.29, 1.82) is 0 Å². The molecule has 1 unspecified atom stereocenters. The van der Waals surface area contributed by atoms with Gasteiger partial charge >= 0.3 is 5.97 Å². The normalized spacial score (nSPS) is 18.7. The topological polar surface area (TPSA) is 66.3 Å². The van der Waals surface area contributed by atoms with Crippen molar-refractivity contribution in [2.45, 2.75) is 25.4 Å². The van der Waals surface area contributed by atoms with Crippen molar-refractivity contribution in [3.05, 3.63) is 45.4 Å². The molecule has 0 saturated carbocycles. The molecule has 0 spiro atoms. The summed E-state index contributed by atoms with van der Waals surface area (Å²) in [6.07, 6.45) is 2.23. The Hall–Kier alpha value is -1.83. The summed E-state index contributed by atoms with van der Waals surface area (Å²) in [5.41, 5.74) is 1.20. The lowest BCUT2D eigenvalue weighted by atomic mass is 10.2. The molecule has 1 aliphatic rings. The van der Waals surface area contributed by atoms with Crippen LogP contribution in [0.5, 0.6) is 0 Å². The maximum absolute atomic E-state index is 11.0. The van der Waals surface area contributed by atoms with Crippen LogP contribution < -0.4 is 0 Å². The quantitative estimate of drug-likeness (QED) is 0.779. The molecule has 4 rings (SSSR count). The molecule has 1 aromatic carbocycles. The zero-order chi connectivity index (χ0) is 15.8. The predicted octanol–water partition coefficient (Wildman–Crippen LogP) is 3.79. The number of carboxylic acid groups (broad SMARTS) is 1. The minimum atomic E-state index is -0.961. The summed E-state index contributed by atoms with van der Waals surface area (Å²) >= 11 is 3.17. The molecule has 1 atom stereocenters. The summed E-state index contributed by atoms with van der Waals surface area (Å²) in [6, 6.07) is 8.52. The number of fused-ring (bicyclic) bond motifs is 1. The van der Waals surface area contributed by atoms with Crippen LogP contribution in [0.3, 0.4) is 0 Å². The molecule has 1 fully saturated rings. The van der Waals surface area contributed by atoms with Gasteiger partial charge in [0.2, 0.25) is 0 Å². The van der Waals surface area contributed by atoms with E-state index in [0.717, 1.165) is 34.9 Å². The van der Waals surface area contributed by atoms with Crippen molar-refractivity contribution < 1.29 is 9.90 Å². The van der Waals surface area contributed by atoms with Crippen LogP contribution in [0, 0.1) is 0 Å². The number of thiazole rings is 2. The zero-order valence-corrected chi connectivity index (χ0v) is 13.9. The van der Waals surface area contributed by atoms with Crippen molar-refractivity contribution in [2.75, 3.05) is 6.54 Å². The van der Waals surface area contributed by atoms with Gasteiger partial charge < -0.3 is 5.11 Å². The predicted molar refractivity (Wildman–Crippen MR) is 91.1 cm³/mol. The first-order chi connectivity index (χ1) is 11.2. The number of aromatic carboxylic acids is 1. The second-order valence-corrected chi connectivity index (χ2v) is 7.58. The zero-order valence-electron chi connectivity index (χ0n) is 12.3. The molecular weight excluding hydrogens is 330 g/mol. The summed E-state index contributed by atoms with van der Waals surface area (Å²) in [4.78, 5) is 22.3. The molecule has 0 bridgehead atoms. The molecule has 118 valence electrons. The van der Waals surface area contributed by atoms with E-state index in [9.17, 15) is 4.79 Å². The van der Waals surface area contributed by atoms with Gasteiger partial charge in [-0.3, -0.25) is 4.90 Å². The number of carbonyl (C=O) groups is 1. The van der Waals surface area contributed by atoms with E-state index in [2.05, 4.69) is 22.0 Å². The third-order valence-corrected chi connectivity index (χ3v) is 6.04. The van der Waals surface area contributed by atoms with E-state index in [-0.39, 0.29) is 5.69 Å². The average molecular weight is 345 g/mol. The fraction of sp³-hybridized carbons (Fsp3) is 0.312. The van der Waals surface area contributed by atoms with Crippen molar-refractivity contribution in [3.8, 4) is 0 Å². The Morgan fingerprint density at radius 3 is 3.00 bits per heavy atom. The highest BCUT2D eigenvalue weighted by atomic mass is 32.1. The van der Waals surface area contributed by atoms with Crippen LogP contribution in [0.1, 0.15) is 39.4 Å². The second kappa shape index (κ2) is 5.99. The highest BCUT2D eigenvalue weighted by molar-refractivity contribution is 7.18. The Labute approximate surface area is 141 Å². The molecule has 0 amide bonds. The van der Waals surface area contributed by atoms with Gasteiger partial charge in [0.25, 0.3) is 0 Å². The van der Waals surface area contributed by atoms with Crippen molar-refractivity contribution >= 4 is 38.9 Å². The number of hydrogen-bond acceptors (Lipinski definition) is 6. The molecule has 2 aromatic heterocycles. The fourth-order valence-corrected chi connectivity index (χ4v) is 4.91. The van der Waals surface area contributed by atoms with Crippen molar-refractivity contribution in [2.24, 2.45) is 0 Å². The van der Waals surface area contributed by atoms with Crippen LogP contribution in [0.15, 0.2) is 29.6 Å². The van der Waals surface area contributed by atoms with E-state index in [4.69, 9.17) is 10.1 Å². The molecule has 0 aliphatic carbocycles. The Bertz CT molecular complexity index is 825. The fourth-order valence-electron chi connectivity index (χ4n) is 2.98. The van der Waals surface area contributed by atoms with Gasteiger partial charge in [-0.15, -0.1) is 22.7 Å². The van der Waals surface area contributed by atoms with Gasteiger partial charge in [0.1, 0.15) is 10.0 Å². The molecule has 1 N–H and O–H groups in total. The number of carboxylic acids is 1. The maximum Gasteiger partial charge on any atom is 0.355 e. The highest BCUT2D eigenvalue weighted by Gasteiger charge is 2.29. The Morgan fingerprint density at radius 1 is 1.35 bits per heavy atom. The minimum absolute atomic E-state index is 0.140. The monoisotopic (exact) mass is 345 g/mol. The summed E-state index contributed by atoms with van der Waals surface area (Å²) < 4.78 is 1.22. The number of nitrogens with zero attached hydrogens (tertiary/aromatic N) is 3. The van der Waals surface area contributed by atoms with E-state index >= 15 is 0 Å². The number of rotatable bonds is 4. The van der Waals surface area contributed by atoms with Crippen LogP contribution in [-0.4, -0.2) is 32.5 Å². The van der Waals surface area contributed by atoms with Crippen LogP contribution in [0.2, 0.25) is 0 Å². The number of para-hydroxylation sites is 1. The van der Waals surface area contributed by atoms with E-state index in [1.807, 2.05) is 12.1 Å². The molecule has 1 saturated heterocycles. The molecule has 1 aliphatic heterocycles. The third kappa shape index (κ3) is 2.87. The number of benzene rings is 1. The van der Waals surface area contributed by atoms with Gasteiger partial charge in [-0.2, -0.15) is 0 Å². The molecule has 0 radical (unpaired) electrons. The summed E-state index contributed by atoms with van der Waals surface area (Å²) in [6.45, 7) is 1.70. The van der Waals surface area contributed by atoms with Crippen molar-refractivity contribution in [3.63, 3.8) is 0 Å². The first-order valence-electron chi connectivity index (χ1n) is 7.48.